The van der Waals surface area contributed by atoms with E-state index in [4.69, 9.17) is 10.5 Å². The average Bonchev–Trinajstić information content (AvgIpc) is 2.45. The molecule has 0 unspecified atom stereocenters. The minimum absolute atomic E-state index is 0.250. The molecule has 2 aromatic rings. The lowest BCUT2D eigenvalue weighted by Crippen LogP contribution is -2.40. The second-order valence-electron chi connectivity index (χ2n) is 5.49. The van der Waals surface area contributed by atoms with Crippen molar-refractivity contribution < 1.29 is 9.53 Å². The molecule has 0 bridgehead atoms. The zero-order chi connectivity index (χ0) is 15.5. The van der Waals surface area contributed by atoms with Crippen LogP contribution in [-0.2, 0) is 4.74 Å². The number of hydrogen-bond donors (Lipinski definition) is 2. The maximum Gasteiger partial charge on any atom is 0.270 e. The van der Waals surface area contributed by atoms with Crippen LogP contribution in [0.4, 0.5) is 5.69 Å². The van der Waals surface area contributed by atoms with Gasteiger partial charge in [0.05, 0.1) is 11.1 Å². The summed E-state index contributed by atoms with van der Waals surface area (Å²) in [6.07, 6.45) is 0. The summed E-state index contributed by atoms with van der Waals surface area (Å²) in [5.74, 6) is -0.250. The first-order valence-electron chi connectivity index (χ1n) is 7.00. The highest BCUT2D eigenvalue weighted by molar-refractivity contribution is 5.99. The summed E-state index contributed by atoms with van der Waals surface area (Å²) in [5, 5.41) is 3.68. The number of nitrogen functional groups attached to an aromatic ring is 1. The average molecular weight is 287 g/mol. The van der Waals surface area contributed by atoms with Crippen LogP contribution in [-0.4, -0.2) is 29.6 Å². The van der Waals surface area contributed by atoms with E-state index in [1.54, 1.807) is 6.07 Å². The van der Waals surface area contributed by atoms with Gasteiger partial charge in [0.2, 0.25) is 0 Å². The molecule has 0 aliphatic carbocycles. The van der Waals surface area contributed by atoms with Crippen LogP contribution in [0.3, 0.4) is 0 Å². The van der Waals surface area contributed by atoms with E-state index in [2.05, 4.69) is 10.3 Å². The van der Waals surface area contributed by atoms with Gasteiger partial charge in [0.25, 0.3) is 5.91 Å². The van der Waals surface area contributed by atoms with Gasteiger partial charge in [-0.05, 0) is 32.9 Å². The number of anilines is 1. The molecule has 0 radical (unpaired) electrons. The van der Waals surface area contributed by atoms with E-state index in [1.165, 1.54) is 0 Å². The maximum absolute atomic E-state index is 12.2. The van der Waals surface area contributed by atoms with Crippen LogP contribution in [0.1, 0.15) is 31.3 Å². The summed E-state index contributed by atoms with van der Waals surface area (Å²) in [6.45, 7) is 6.80. The molecule has 112 valence electrons. The van der Waals surface area contributed by atoms with Gasteiger partial charge in [-0.3, -0.25) is 4.79 Å². The highest BCUT2D eigenvalue weighted by atomic mass is 16.5. The van der Waals surface area contributed by atoms with Crippen molar-refractivity contribution in [3.05, 3.63) is 36.0 Å². The monoisotopic (exact) mass is 287 g/mol. The van der Waals surface area contributed by atoms with Gasteiger partial charge in [0.1, 0.15) is 5.69 Å². The van der Waals surface area contributed by atoms with E-state index >= 15 is 0 Å². The number of carbonyl (C=O) groups excluding carboxylic acids is 1. The minimum Gasteiger partial charge on any atom is -0.398 e. The number of carbonyl (C=O) groups is 1. The Bertz CT molecular complexity index is 653. The first-order chi connectivity index (χ1) is 9.93. The van der Waals surface area contributed by atoms with Crippen molar-refractivity contribution in [1.29, 1.82) is 0 Å². The zero-order valence-electron chi connectivity index (χ0n) is 12.6. The molecule has 0 saturated carbocycles. The second-order valence-corrected chi connectivity index (χ2v) is 5.49. The van der Waals surface area contributed by atoms with Gasteiger partial charge in [-0.1, -0.05) is 18.2 Å². The van der Waals surface area contributed by atoms with Crippen LogP contribution >= 0.6 is 0 Å². The lowest BCUT2D eigenvalue weighted by molar-refractivity contribution is -0.00818. The molecule has 2 rings (SSSR count). The third-order valence-corrected chi connectivity index (χ3v) is 3.19. The molecule has 3 N–H and O–H groups in total. The van der Waals surface area contributed by atoms with E-state index < -0.39 is 5.60 Å². The lowest BCUT2D eigenvalue weighted by Gasteiger charge is -2.24. The van der Waals surface area contributed by atoms with E-state index in [1.807, 2.05) is 45.0 Å². The molecule has 5 heteroatoms. The Balaban J connectivity index is 2.16. The van der Waals surface area contributed by atoms with Crippen molar-refractivity contribution in [2.75, 3.05) is 18.9 Å². The van der Waals surface area contributed by atoms with Crippen LogP contribution in [0, 0.1) is 0 Å². The van der Waals surface area contributed by atoms with E-state index in [0.29, 0.717) is 30.0 Å². The van der Waals surface area contributed by atoms with Gasteiger partial charge in [-0.2, -0.15) is 0 Å². The fourth-order valence-electron chi connectivity index (χ4n) is 2.14. The zero-order valence-corrected chi connectivity index (χ0v) is 12.6. The number of rotatable bonds is 5. The number of aromatic nitrogens is 1. The lowest BCUT2D eigenvalue weighted by atomic mass is 10.1. The normalized spacial score (nSPS) is 11.6. The Labute approximate surface area is 124 Å². The molecule has 0 fully saturated rings. The van der Waals surface area contributed by atoms with Crippen molar-refractivity contribution >= 4 is 22.5 Å². The molecule has 1 aromatic carbocycles. The van der Waals surface area contributed by atoms with Crippen LogP contribution in [0.5, 0.6) is 0 Å². The Morgan fingerprint density at radius 1 is 1.38 bits per heavy atom. The minimum atomic E-state index is -0.410. The van der Waals surface area contributed by atoms with E-state index in [0.717, 1.165) is 5.39 Å². The summed E-state index contributed by atoms with van der Waals surface area (Å²) >= 11 is 0. The summed E-state index contributed by atoms with van der Waals surface area (Å²) in [7, 11) is 0. The van der Waals surface area contributed by atoms with Crippen molar-refractivity contribution in [3.63, 3.8) is 0 Å². The summed E-state index contributed by atoms with van der Waals surface area (Å²) in [6, 6.07) is 9.09. The third kappa shape index (κ3) is 3.70. The van der Waals surface area contributed by atoms with Gasteiger partial charge in [-0.15, -0.1) is 0 Å². The maximum atomic E-state index is 12.2. The van der Waals surface area contributed by atoms with Crippen molar-refractivity contribution in [2.45, 2.75) is 26.4 Å². The number of hydrogen-bond acceptors (Lipinski definition) is 4. The van der Waals surface area contributed by atoms with Gasteiger partial charge in [0, 0.05) is 24.2 Å². The number of para-hydroxylation sites is 1. The van der Waals surface area contributed by atoms with E-state index in [9.17, 15) is 4.79 Å². The number of fused-ring (bicyclic) bond motifs is 1. The third-order valence-electron chi connectivity index (χ3n) is 3.19. The fraction of sp³-hybridized carbons (Fsp3) is 0.375. The largest absolute Gasteiger partial charge is 0.398 e. The van der Waals surface area contributed by atoms with Gasteiger partial charge in [0.15, 0.2) is 0 Å². The van der Waals surface area contributed by atoms with Crippen LogP contribution in [0.15, 0.2) is 30.3 Å². The highest BCUT2D eigenvalue weighted by Crippen LogP contribution is 2.20. The number of nitrogens with two attached hydrogens (primary N) is 1. The molecule has 0 aliphatic heterocycles. The Hall–Kier alpha value is -2.14. The highest BCUT2D eigenvalue weighted by Gasteiger charge is 2.19. The van der Waals surface area contributed by atoms with Crippen molar-refractivity contribution in [2.24, 2.45) is 0 Å². The smallest absolute Gasteiger partial charge is 0.270 e. The molecule has 1 heterocycles. The Morgan fingerprint density at radius 2 is 2.10 bits per heavy atom. The molecule has 1 amide bonds. The second kappa shape index (κ2) is 6.10. The van der Waals surface area contributed by atoms with Gasteiger partial charge < -0.3 is 15.8 Å². The summed E-state index contributed by atoms with van der Waals surface area (Å²) < 4.78 is 5.55. The Kier molecular flexibility index (Phi) is 4.43. The summed E-state index contributed by atoms with van der Waals surface area (Å²) in [5.41, 5.74) is 7.15. The molecule has 0 spiro atoms. The van der Waals surface area contributed by atoms with Crippen LogP contribution in [0.2, 0.25) is 0 Å². The number of ether oxygens (including phenoxy) is 1. The molecule has 0 saturated heterocycles. The summed E-state index contributed by atoms with van der Waals surface area (Å²) in [4.78, 5) is 16.6. The molecule has 0 atom stereocenters. The van der Waals surface area contributed by atoms with Crippen LogP contribution < -0.4 is 11.1 Å². The predicted octanol–water partition coefficient (Wildman–Crippen LogP) is 2.36. The number of nitrogens with one attached hydrogen (secondary N) is 1. The molecule has 1 aromatic heterocycles. The molecular weight excluding hydrogens is 266 g/mol. The SMILES string of the molecule is CCOC(C)(C)CNC(=O)c1cc(N)c2ccccc2n1. The fourth-order valence-corrected chi connectivity index (χ4v) is 2.14. The first-order valence-corrected chi connectivity index (χ1v) is 7.00. The first kappa shape index (κ1) is 15.3. The van der Waals surface area contributed by atoms with Crippen molar-refractivity contribution in [1.82, 2.24) is 10.3 Å². The number of nitrogens with zero attached hydrogens (tertiary/aromatic N) is 1. The molecule has 21 heavy (non-hydrogen) atoms. The standard InChI is InChI=1S/C16H21N3O2/c1-4-21-16(2,3)10-18-15(20)14-9-12(17)11-7-5-6-8-13(11)19-14/h5-9H,4,10H2,1-3H3,(H2,17,19)(H,18,20). The molecular formula is C16H21N3O2. The van der Waals surface area contributed by atoms with Gasteiger partial charge >= 0.3 is 0 Å². The van der Waals surface area contributed by atoms with Crippen LogP contribution in [0.25, 0.3) is 10.9 Å². The van der Waals surface area contributed by atoms with Crippen molar-refractivity contribution in [3.8, 4) is 0 Å². The Morgan fingerprint density at radius 3 is 2.81 bits per heavy atom. The van der Waals surface area contributed by atoms with E-state index in [-0.39, 0.29) is 5.91 Å². The predicted molar refractivity (Wildman–Crippen MR) is 84.2 cm³/mol. The van der Waals surface area contributed by atoms with Gasteiger partial charge in [-0.25, -0.2) is 4.98 Å². The quantitative estimate of drug-likeness (QED) is 0.885. The molecule has 0 aliphatic rings. The molecule has 5 nitrogen and oxygen atoms in total. The topological polar surface area (TPSA) is 77.2 Å². The number of amides is 1. The number of benzene rings is 1. The number of pyridine rings is 1.